The maximum Gasteiger partial charge on any atom is 0.335 e. The van der Waals surface area contributed by atoms with Crippen molar-refractivity contribution in [3.8, 4) is 0 Å². The molecule has 2 amide bonds. The third-order valence-electron chi connectivity index (χ3n) is 7.12. The molecule has 1 aromatic heterocycles. The van der Waals surface area contributed by atoms with Gasteiger partial charge in [0.2, 0.25) is 0 Å². The minimum Gasteiger partial charge on any atom is -0.481 e. The van der Waals surface area contributed by atoms with E-state index in [1.165, 1.54) is 23.5 Å². The molecule has 1 aromatic carbocycles. The Kier molecular flexibility index (Phi) is 7.56. The van der Waals surface area contributed by atoms with Crippen LogP contribution in [0.15, 0.2) is 46.0 Å². The summed E-state index contributed by atoms with van der Waals surface area (Å²) in [6.45, 7) is 3.68. The number of carbonyl (C=O) groups excluding carboxylic acids is 1. The minimum absolute atomic E-state index is 0.0514. The van der Waals surface area contributed by atoms with Crippen molar-refractivity contribution in [3.63, 3.8) is 0 Å². The third-order valence-corrected chi connectivity index (χ3v) is 8.30. The fourth-order valence-corrected chi connectivity index (χ4v) is 6.09. The summed E-state index contributed by atoms with van der Waals surface area (Å²) < 4.78 is 14.4. The van der Waals surface area contributed by atoms with Crippen LogP contribution in [-0.2, 0) is 9.59 Å². The molecule has 11 nitrogen and oxygen atoms in total. The van der Waals surface area contributed by atoms with Gasteiger partial charge in [0.25, 0.3) is 0 Å². The highest BCUT2D eigenvalue weighted by Crippen LogP contribution is 2.37. The van der Waals surface area contributed by atoms with Crippen molar-refractivity contribution in [1.82, 2.24) is 25.0 Å². The molecule has 0 radical (unpaired) electrons. The van der Waals surface area contributed by atoms with Gasteiger partial charge in [-0.05, 0) is 13.0 Å². The quantitative estimate of drug-likeness (QED) is 0.436. The van der Waals surface area contributed by atoms with Gasteiger partial charge in [0.05, 0.1) is 23.1 Å². The number of carbonyl (C=O) groups is 3. The van der Waals surface area contributed by atoms with Gasteiger partial charge in [-0.2, -0.15) is 0 Å². The highest BCUT2D eigenvalue weighted by atomic mass is 35.5. The molecule has 14 heteroatoms. The fraction of sp³-hybridized carbons (Fsp3) is 0.400. The van der Waals surface area contributed by atoms with Crippen LogP contribution in [0.2, 0.25) is 5.02 Å². The summed E-state index contributed by atoms with van der Waals surface area (Å²) >= 11 is 7.60. The number of hydrogen-bond donors (Lipinski definition) is 3. The van der Waals surface area contributed by atoms with E-state index in [1.807, 2.05) is 4.90 Å². The van der Waals surface area contributed by atoms with Gasteiger partial charge >= 0.3 is 18.0 Å². The Hall–Kier alpha value is -3.55. The van der Waals surface area contributed by atoms with Gasteiger partial charge in [0.15, 0.2) is 10.8 Å². The molecule has 3 atom stereocenters. The first kappa shape index (κ1) is 27.0. The number of carboxylic acids is 2. The molecule has 3 aliphatic heterocycles. The monoisotopic (exact) mass is 576 g/mol. The van der Waals surface area contributed by atoms with Crippen LogP contribution in [0.25, 0.3) is 0 Å². The fourth-order valence-electron chi connectivity index (χ4n) is 5.27. The molecule has 39 heavy (non-hydrogen) atoms. The third kappa shape index (κ3) is 5.34. The number of nitrogens with one attached hydrogen (secondary N) is 1. The van der Waals surface area contributed by atoms with Gasteiger partial charge in [0.1, 0.15) is 11.9 Å². The topological polar surface area (TPSA) is 139 Å². The van der Waals surface area contributed by atoms with Crippen LogP contribution in [0.5, 0.6) is 0 Å². The summed E-state index contributed by atoms with van der Waals surface area (Å²) in [7, 11) is 0. The lowest BCUT2D eigenvalue weighted by Gasteiger charge is -2.38. The number of halogens is 2. The van der Waals surface area contributed by atoms with E-state index in [9.17, 15) is 23.9 Å². The molecular weight excluding hydrogens is 551 g/mol. The number of piperazine rings is 1. The van der Waals surface area contributed by atoms with Crippen LogP contribution >= 0.6 is 22.9 Å². The van der Waals surface area contributed by atoms with Gasteiger partial charge in [-0.1, -0.05) is 23.7 Å². The van der Waals surface area contributed by atoms with Crippen molar-refractivity contribution >= 4 is 46.7 Å². The molecule has 0 unspecified atom stereocenters. The number of fused-ring (bicyclic) bond motifs is 1. The standard InChI is InChI=1S/C25H26ClFN6O5S/c1-13(9-18(34)35)33-11-14-10-31(6-7-32(14)25(33)38)12-17-19(24(36)37)21(15-3-2-4-16(27)20(15)26)30-22(29-17)23-28-5-8-39-23/h2-5,8,13-14,21H,6-7,9-12H2,1H3,(H,29,30)(H,34,35)(H,36,37)/t13-,14-,21-/m0/s1. The number of carboxylic acid groups (broad SMARTS) is 2. The van der Waals surface area contributed by atoms with E-state index in [0.29, 0.717) is 42.7 Å². The van der Waals surface area contributed by atoms with E-state index in [2.05, 4.69) is 15.3 Å². The molecule has 5 rings (SSSR count). The van der Waals surface area contributed by atoms with Crippen molar-refractivity contribution in [2.24, 2.45) is 4.99 Å². The SMILES string of the molecule is C[C@@H](CC(=O)O)N1C[C@@H]2CN(CC3=C(C(=O)O)[C@H](c4cccc(F)c4Cl)N=C(c4nccs4)N3)CCN2C1=O. The second kappa shape index (κ2) is 10.9. The highest BCUT2D eigenvalue weighted by molar-refractivity contribution is 7.11. The predicted octanol–water partition coefficient (Wildman–Crippen LogP) is 2.65. The molecule has 0 spiro atoms. The zero-order chi connectivity index (χ0) is 27.8. The van der Waals surface area contributed by atoms with Gasteiger partial charge < -0.3 is 25.3 Å². The second-order valence-electron chi connectivity index (χ2n) is 9.65. The zero-order valence-corrected chi connectivity index (χ0v) is 22.5. The number of aliphatic carboxylic acids is 2. The first-order valence-corrected chi connectivity index (χ1v) is 13.6. The second-order valence-corrected chi connectivity index (χ2v) is 10.9. The van der Waals surface area contributed by atoms with Gasteiger partial charge in [0, 0.05) is 61.6 Å². The smallest absolute Gasteiger partial charge is 0.335 e. The lowest BCUT2D eigenvalue weighted by atomic mass is 9.95. The Labute approximate surface area is 232 Å². The number of hydrogen-bond acceptors (Lipinski definition) is 8. The lowest BCUT2D eigenvalue weighted by molar-refractivity contribution is -0.138. The van der Waals surface area contributed by atoms with Gasteiger partial charge in [-0.25, -0.2) is 19.0 Å². The Morgan fingerprint density at radius 1 is 1.28 bits per heavy atom. The largest absolute Gasteiger partial charge is 0.481 e. The van der Waals surface area contributed by atoms with E-state index in [1.54, 1.807) is 34.4 Å². The molecule has 0 saturated carbocycles. The average molecular weight is 577 g/mol. The zero-order valence-electron chi connectivity index (χ0n) is 20.9. The van der Waals surface area contributed by atoms with Crippen molar-refractivity contribution in [2.45, 2.75) is 31.5 Å². The number of benzene rings is 1. The van der Waals surface area contributed by atoms with Crippen LogP contribution in [-0.4, -0.2) is 98.5 Å². The van der Waals surface area contributed by atoms with Gasteiger partial charge in [-0.3, -0.25) is 14.7 Å². The predicted molar refractivity (Wildman–Crippen MR) is 141 cm³/mol. The molecule has 0 bridgehead atoms. The average Bonchev–Trinajstić information content (AvgIpc) is 3.53. The minimum atomic E-state index is -1.21. The molecule has 206 valence electrons. The Bertz CT molecular complexity index is 1370. The van der Waals surface area contributed by atoms with Crippen LogP contribution in [0, 0.1) is 5.82 Å². The molecule has 3 aliphatic rings. The molecule has 2 fully saturated rings. The Morgan fingerprint density at radius 2 is 2.08 bits per heavy atom. The molecule has 4 heterocycles. The normalized spacial score (nSPS) is 22.4. The number of amidine groups is 1. The Balaban J connectivity index is 1.43. The first-order valence-electron chi connectivity index (χ1n) is 12.3. The summed E-state index contributed by atoms with van der Waals surface area (Å²) in [4.78, 5) is 50.9. The number of aromatic nitrogens is 1. The number of nitrogens with zero attached hydrogens (tertiary/aromatic N) is 5. The molecule has 2 saturated heterocycles. The van der Waals surface area contributed by atoms with Crippen molar-refractivity contribution < 1.29 is 29.0 Å². The molecular formula is C25H26ClFN6O5S. The summed E-state index contributed by atoms with van der Waals surface area (Å²) in [6.07, 6.45) is 1.47. The summed E-state index contributed by atoms with van der Waals surface area (Å²) in [5.74, 6) is -2.50. The number of thiazole rings is 1. The van der Waals surface area contributed by atoms with E-state index >= 15 is 0 Å². The Morgan fingerprint density at radius 3 is 2.77 bits per heavy atom. The number of rotatable bonds is 8. The number of urea groups is 1. The van der Waals surface area contributed by atoms with E-state index < -0.39 is 29.8 Å². The van der Waals surface area contributed by atoms with Crippen molar-refractivity contribution in [3.05, 3.63) is 62.5 Å². The number of amides is 2. The lowest BCUT2D eigenvalue weighted by Crippen LogP contribution is -2.53. The van der Waals surface area contributed by atoms with E-state index in [4.69, 9.17) is 16.7 Å². The summed E-state index contributed by atoms with van der Waals surface area (Å²) in [5.41, 5.74) is 0.558. The van der Waals surface area contributed by atoms with E-state index in [0.717, 1.165) is 0 Å². The van der Waals surface area contributed by atoms with Crippen molar-refractivity contribution in [1.29, 1.82) is 0 Å². The molecule has 0 aliphatic carbocycles. The maximum atomic E-state index is 14.4. The highest BCUT2D eigenvalue weighted by Gasteiger charge is 2.43. The molecule has 2 aromatic rings. The van der Waals surface area contributed by atoms with Crippen LogP contribution in [0.3, 0.4) is 0 Å². The maximum absolute atomic E-state index is 14.4. The van der Waals surface area contributed by atoms with Crippen molar-refractivity contribution in [2.75, 3.05) is 32.7 Å². The number of aliphatic imine (C=N–C) groups is 1. The van der Waals surface area contributed by atoms with Crippen LogP contribution in [0.4, 0.5) is 9.18 Å². The van der Waals surface area contributed by atoms with Crippen LogP contribution < -0.4 is 5.32 Å². The van der Waals surface area contributed by atoms with E-state index in [-0.39, 0.29) is 41.2 Å². The van der Waals surface area contributed by atoms with Gasteiger partial charge in [-0.15, -0.1) is 11.3 Å². The molecule has 3 N–H and O–H groups in total. The first-order chi connectivity index (χ1) is 18.6. The van der Waals surface area contributed by atoms with Crippen LogP contribution in [0.1, 0.15) is 30.0 Å². The summed E-state index contributed by atoms with van der Waals surface area (Å²) in [5, 5.41) is 24.7. The summed E-state index contributed by atoms with van der Waals surface area (Å²) in [6, 6.07) is 2.36.